The monoisotopic (exact) mass is 354 g/mol. The Morgan fingerprint density at radius 3 is 3.00 bits per heavy atom. The van der Waals surface area contributed by atoms with Crippen molar-refractivity contribution in [2.24, 2.45) is 0 Å². The number of carbonyl (C=O) groups excluding carboxylic acids is 2. The number of urea groups is 1. The highest BCUT2D eigenvalue weighted by Gasteiger charge is 2.54. The molecule has 0 unspecified atom stereocenters. The van der Waals surface area contributed by atoms with E-state index in [2.05, 4.69) is 22.4 Å². The minimum atomic E-state index is -0.961. The third-order valence-corrected chi connectivity index (χ3v) is 5.21. The number of unbranched alkanes of at least 4 members (excludes halogenated alkanes) is 1. The maximum Gasteiger partial charge on any atom is 0.325 e. The Labute approximate surface area is 151 Å². The minimum absolute atomic E-state index is 0.00765. The maximum atomic E-state index is 13.2. The summed E-state index contributed by atoms with van der Waals surface area (Å²) in [6.07, 6.45) is 5.14. The zero-order valence-corrected chi connectivity index (χ0v) is 14.8. The highest BCUT2D eigenvalue weighted by Crippen LogP contribution is 2.40. The first-order valence-electron chi connectivity index (χ1n) is 9.18. The second-order valence-corrected chi connectivity index (χ2v) is 6.95. The number of aromatic nitrogens is 2. The third kappa shape index (κ3) is 2.67. The van der Waals surface area contributed by atoms with Crippen LogP contribution in [0, 0.1) is 0 Å². The number of imide groups is 1. The first kappa shape index (κ1) is 16.8. The first-order chi connectivity index (χ1) is 12.6. The minimum Gasteiger partial charge on any atom is -0.337 e. The van der Waals surface area contributed by atoms with Gasteiger partial charge in [-0.2, -0.15) is 4.98 Å². The molecule has 26 heavy (non-hydrogen) atoms. The van der Waals surface area contributed by atoms with Gasteiger partial charge in [-0.1, -0.05) is 42.8 Å². The quantitative estimate of drug-likeness (QED) is 0.834. The van der Waals surface area contributed by atoms with Gasteiger partial charge in [0.05, 0.1) is 0 Å². The normalized spacial score (nSPS) is 22.0. The summed E-state index contributed by atoms with van der Waals surface area (Å²) in [6.45, 7) is 2.10. The van der Waals surface area contributed by atoms with Crippen molar-refractivity contribution in [3.05, 3.63) is 47.1 Å². The van der Waals surface area contributed by atoms with E-state index in [9.17, 15) is 9.59 Å². The molecule has 0 bridgehead atoms. The number of amides is 3. The zero-order chi connectivity index (χ0) is 18.1. The van der Waals surface area contributed by atoms with E-state index in [-0.39, 0.29) is 12.5 Å². The van der Waals surface area contributed by atoms with Crippen LogP contribution in [0.4, 0.5) is 4.79 Å². The molecule has 2 aromatic rings. The van der Waals surface area contributed by atoms with Crippen LogP contribution < -0.4 is 5.32 Å². The number of fused-ring (bicyclic) bond motifs is 2. The van der Waals surface area contributed by atoms with Crippen LogP contribution in [-0.2, 0) is 29.7 Å². The van der Waals surface area contributed by atoms with Gasteiger partial charge in [0.15, 0.2) is 5.82 Å². The molecule has 1 N–H and O–H groups in total. The first-order valence-corrected chi connectivity index (χ1v) is 9.18. The number of nitrogens with zero attached hydrogens (tertiary/aromatic N) is 3. The molecule has 1 aromatic heterocycles. The summed E-state index contributed by atoms with van der Waals surface area (Å²) in [5.41, 5.74) is 1.06. The van der Waals surface area contributed by atoms with Crippen molar-refractivity contribution in [2.45, 2.75) is 57.5 Å². The second-order valence-electron chi connectivity index (χ2n) is 6.95. The molecule has 4 rings (SSSR count). The van der Waals surface area contributed by atoms with Crippen LogP contribution in [0.2, 0.25) is 0 Å². The van der Waals surface area contributed by atoms with E-state index in [1.807, 2.05) is 24.3 Å². The number of benzene rings is 1. The number of nitrogens with one attached hydrogen (secondary N) is 1. The molecule has 1 saturated heterocycles. The molecule has 1 fully saturated rings. The van der Waals surface area contributed by atoms with Crippen molar-refractivity contribution in [2.75, 3.05) is 0 Å². The van der Waals surface area contributed by atoms with Crippen LogP contribution >= 0.6 is 0 Å². The number of aryl methyl sites for hydroxylation is 2. The van der Waals surface area contributed by atoms with Crippen LogP contribution in [0.1, 0.15) is 55.4 Å². The lowest BCUT2D eigenvalue weighted by Gasteiger charge is -2.33. The van der Waals surface area contributed by atoms with Crippen molar-refractivity contribution in [1.82, 2.24) is 20.4 Å². The smallest absolute Gasteiger partial charge is 0.325 e. The van der Waals surface area contributed by atoms with Crippen LogP contribution in [0.15, 0.2) is 28.8 Å². The van der Waals surface area contributed by atoms with Crippen molar-refractivity contribution >= 4 is 11.9 Å². The van der Waals surface area contributed by atoms with Gasteiger partial charge in [0, 0.05) is 6.42 Å². The predicted molar refractivity (Wildman–Crippen MR) is 93.0 cm³/mol. The van der Waals surface area contributed by atoms with E-state index in [1.54, 1.807) is 0 Å². The average molecular weight is 354 g/mol. The van der Waals surface area contributed by atoms with E-state index >= 15 is 0 Å². The van der Waals surface area contributed by atoms with Gasteiger partial charge in [0.2, 0.25) is 5.89 Å². The highest BCUT2D eigenvalue weighted by atomic mass is 16.5. The van der Waals surface area contributed by atoms with Crippen molar-refractivity contribution in [3.63, 3.8) is 0 Å². The zero-order valence-electron chi connectivity index (χ0n) is 14.8. The molecule has 7 nitrogen and oxygen atoms in total. The number of rotatable bonds is 5. The standard InChI is InChI=1S/C19H22N4O3/c1-2-3-10-15-20-16(26-22-15)12-23-17(24)19(21-18(23)25)11-6-8-13-7-4-5-9-14(13)19/h4-5,7,9H,2-3,6,8,10-12H2,1H3,(H,21,25)/t19-/m0/s1. The molecule has 136 valence electrons. The summed E-state index contributed by atoms with van der Waals surface area (Å²) in [5, 5.41) is 6.86. The van der Waals surface area contributed by atoms with Gasteiger partial charge >= 0.3 is 6.03 Å². The van der Waals surface area contributed by atoms with Crippen molar-refractivity contribution in [3.8, 4) is 0 Å². The second kappa shape index (κ2) is 6.55. The summed E-state index contributed by atoms with van der Waals surface area (Å²) >= 11 is 0. The molecule has 1 atom stereocenters. The Morgan fingerprint density at radius 1 is 1.31 bits per heavy atom. The Bertz CT molecular complexity index is 847. The Hall–Kier alpha value is -2.70. The molecular weight excluding hydrogens is 332 g/mol. The fourth-order valence-corrected chi connectivity index (χ4v) is 3.88. The lowest BCUT2D eigenvalue weighted by atomic mass is 9.76. The van der Waals surface area contributed by atoms with E-state index in [1.165, 1.54) is 4.90 Å². The van der Waals surface area contributed by atoms with Gasteiger partial charge in [-0.15, -0.1) is 0 Å². The average Bonchev–Trinajstić information content (AvgIpc) is 3.19. The Balaban J connectivity index is 1.58. The molecule has 0 radical (unpaired) electrons. The maximum absolute atomic E-state index is 13.2. The summed E-state index contributed by atoms with van der Waals surface area (Å²) < 4.78 is 5.23. The Kier molecular flexibility index (Phi) is 4.22. The molecule has 3 amide bonds. The fourth-order valence-electron chi connectivity index (χ4n) is 3.88. The SMILES string of the molecule is CCCCc1noc(CN2C(=O)N[C@]3(CCCc4ccccc43)C2=O)n1. The summed E-state index contributed by atoms with van der Waals surface area (Å²) in [7, 11) is 0. The molecular formula is C19H22N4O3. The van der Waals surface area contributed by atoms with Gasteiger partial charge in [0.25, 0.3) is 5.91 Å². The van der Waals surface area contributed by atoms with Crippen LogP contribution in [0.5, 0.6) is 0 Å². The summed E-state index contributed by atoms with van der Waals surface area (Å²) in [4.78, 5) is 31.2. The van der Waals surface area contributed by atoms with Gasteiger partial charge in [-0.25, -0.2) is 4.79 Å². The van der Waals surface area contributed by atoms with Gasteiger partial charge in [-0.3, -0.25) is 9.69 Å². The topological polar surface area (TPSA) is 88.3 Å². The van der Waals surface area contributed by atoms with Crippen LogP contribution in [0.25, 0.3) is 0 Å². The molecule has 2 aliphatic rings. The summed E-state index contributed by atoms with van der Waals surface area (Å²) in [6, 6.07) is 7.43. The molecule has 1 spiro atoms. The predicted octanol–water partition coefficient (Wildman–Crippen LogP) is 2.70. The van der Waals surface area contributed by atoms with Crippen LogP contribution in [0.3, 0.4) is 0 Å². The highest BCUT2D eigenvalue weighted by molar-refractivity contribution is 6.07. The number of hydrogen-bond acceptors (Lipinski definition) is 5. The molecule has 1 aliphatic carbocycles. The van der Waals surface area contributed by atoms with Gasteiger partial charge in [0.1, 0.15) is 12.1 Å². The van der Waals surface area contributed by atoms with Crippen molar-refractivity contribution in [1.29, 1.82) is 0 Å². The Morgan fingerprint density at radius 2 is 2.15 bits per heavy atom. The molecule has 1 aromatic carbocycles. The number of hydrogen-bond donors (Lipinski definition) is 1. The van der Waals surface area contributed by atoms with Gasteiger partial charge < -0.3 is 9.84 Å². The lowest BCUT2D eigenvalue weighted by molar-refractivity contribution is -0.132. The van der Waals surface area contributed by atoms with E-state index in [0.717, 1.165) is 43.2 Å². The van der Waals surface area contributed by atoms with E-state index in [4.69, 9.17) is 4.52 Å². The van der Waals surface area contributed by atoms with E-state index in [0.29, 0.717) is 18.1 Å². The number of carbonyl (C=O) groups is 2. The van der Waals surface area contributed by atoms with E-state index < -0.39 is 11.6 Å². The molecule has 1 aliphatic heterocycles. The summed E-state index contributed by atoms with van der Waals surface area (Å²) in [5.74, 6) is 0.676. The van der Waals surface area contributed by atoms with Gasteiger partial charge in [-0.05, 0) is 36.8 Å². The molecule has 0 saturated carbocycles. The largest absolute Gasteiger partial charge is 0.337 e. The van der Waals surface area contributed by atoms with Crippen molar-refractivity contribution < 1.29 is 14.1 Å². The van der Waals surface area contributed by atoms with Crippen LogP contribution in [-0.4, -0.2) is 27.0 Å². The molecule has 2 heterocycles. The lowest BCUT2D eigenvalue weighted by Crippen LogP contribution is -2.46. The third-order valence-electron chi connectivity index (χ3n) is 5.21. The fraction of sp³-hybridized carbons (Fsp3) is 0.474. The molecule has 7 heteroatoms.